The Morgan fingerprint density at radius 1 is 0.228 bits per heavy atom. The van der Waals surface area contributed by atoms with Crippen molar-refractivity contribution in [3.63, 3.8) is 0 Å². The Balaban J connectivity index is 1.20. The van der Waals surface area contributed by atoms with Gasteiger partial charge in [-0.2, -0.15) is 0 Å². The van der Waals surface area contributed by atoms with E-state index >= 15 is 0 Å². The number of para-hydroxylation sites is 1. The van der Waals surface area contributed by atoms with Crippen LogP contribution in [0.1, 0.15) is 0 Å². The summed E-state index contributed by atoms with van der Waals surface area (Å²) in [6.45, 7) is 0. The van der Waals surface area contributed by atoms with Gasteiger partial charge in [-0.25, -0.2) is 0 Å². The molecule has 0 saturated heterocycles. The van der Waals surface area contributed by atoms with Crippen LogP contribution in [0.5, 0.6) is 0 Å². The first-order valence-corrected chi connectivity index (χ1v) is 19.7. The summed E-state index contributed by atoms with van der Waals surface area (Å²) in [7, 11) is 0. The molecule has 0 amide bonds. The predicted octanol–water partition coefficient (Wildman–Crippen LogP) is 15.9. The smallest absolute Gasteiger partial charge is 0.0540 e. The van der Waals surface area contributed by atoms with Crippen LogP contribution in [0.15, 0.2) is 224 Å². The first-order chi connectivity index (χ1) is 28.3. The zero-order valence-electron chi connectivity index (χ0n) is 31.3. The Morgan fingerprint density at radius 2 is 0.719 bits per heavy atom. The molecule has 0 atom stereocenters. The molecule has 1 nitrogen and oxygen atoms in total. The van der Waals surface area contributed by atoms with E-state index in [-0.39, 0.29) is 0 Å². The summed E-state index contributed by atoms with van der Waals surface area (Å²) in [6, 6.07) is 82.2. The standard InChI is InChI=1S/C56H37N/c1-3-15-38(16-4-1)47-23-13-14-26-56(47)57(43-31-29-42-28-27-40-19-7-9-21-45(40)52(42)35-43)44-32-34-51(53(36-44)39-17-5-2-6-18-39)55-37-54-46-22-10-8-20-41(46)30-33-50(54)48-24-11-12-25-49(48)55/h1-37H. The second-order valence-corrected chi connectivity index (χ2v) is 14.9. The highest BCUT2D eigenvalue weighted by Crippen LogP contribution is 2.47. The number of nitrogens with zero attached hydrogens (tertiary/aromatic N) is 1. The quantitative estimate of drug-likeness (QED) is 0.154. The van der Waals surface area contributed by atoms with Gasteiger partial charge in [0.2, 0.25) is 0 Å². The topological polar surface area (TPSA) is 3.24 Å². The van der Waals surface area contributed by atoms with Gasteiger partial charge in [0, 0.05) is 16.9 Å². The molecular weight excluding hydrogens is 687 g/mol. The summed E-state index contributed by atoms with van der Waals surface area (Å²) in [6.07, 6.45) is 0. The highest BCUT2D eigenvalue weighted by atomic mass is 15.1. The molecule has 11 aromatic carbocycles. The first kappa shape index (κ1) is 32.9. The van der Waals surface area contributed by atoms with Gasteiger partial charge in [-0.3, -0.25) is 0 Å². The van der Waals surface area contributed by atoms with E-state index in [1.54, 1.807) is 0 Å². The van der Waals surface area contributed by atoms with Crippen LogP contribution in [-0.4, -0.2) is 0 Å². The number of fused-ring (bicyclic) bond motifs is 8. The molecule has 0 bridgehead atoms. The van der Waals surface area contributed by atoms with E-state index in [9.17, 15) is 0 Å². The molecule has 0 N–H and O–H groups in total. The second-order valence-electron chi connectivity index (χ2n) is 14.9. The van der Waals surface area contributed by atoms with Gasteiger partial charge >= 0.3 is 0 Å². The minimum Gasteiger partial charge on any atom is -0.310 e. The van der Waals surface area contributed by atoms with Gasteiger partial charge in [-0.1, -0.05) is 188 Å². The minimum atomic E-state index is 1.09. The van der Waals surface area contributed by atoms with Gasteiger partial charge in [-0.05, 0) is 118 Å². The Bertz CT molecular complexity index is 3290. The third-order valence-corrected chi connectivity index (χ3v) is 11.6. The molecule has 0 radical (unpaired) electrons. The molecule has 0 fully saturated rings. The van der Waals surface area contributed by atoms with E-state index < -0.39 is 0 Å². The Labute approximate surface area is 332 Å². The van der Waals surface area contributed by atoms with Crippen LogP contribution in [0, 0.1) is 0 Å². The molecule has 0 spiro atoms. The molecule has 0 saturated carbocycles. The largest absolute Gasteiger partial charge is 0.310 e. The summed E-state index contributed by atoms with van der Waals surface area (Å²) in [5.41, 5.74) is 10.5. The van der Waals surface area contributed by atoms with Crippen molar-refractivity contribution in [3.05, 3.63) is 224 Å². The highest BCUT2D eigenvalue weighted by Gasteiger charge is 2.21. The number of hydrogen-bond donors (Lipinski definition) is 0. The Morgan fingerprint density at radius 3 is 1.46 bits per heavy atom. The van der Waals surface area contributed by atoms with Crippen molar-refractivity contribution >= 4 is 70.9 Å². The molecule has 0 aliphatic heterocycles. The van der Waals surface area contributed by atoms with Crippen LogP contribution in [-0.2, 0) is 0 Å². The molecule has 11 rings (SSSR count). The molecule has 266 valence electrons. The van der Waals surface area contributed by atoms with Gasteiger partial charge in [-0.15, -0.1) is 0 Å². The third kappa shape index (κ3) is 5.63. The number of benzene rings is 11. The van der Waals surface area contributed by atoms with Crippen molar-refractivity contribution in [1.82, 2.24) is 0 Å². The van der Waals surface area contributed by atoms with Gasteiger partial charge in [0.05, 0.1) is 5.69 Å². The van der Waals surface area contributed by atoms with Crippen LogP contribution in [0.2, 0.25) is 0 Å². The monoisotopic (exact) mass is 723 g/mol. The summed E-state index contributed by atoms with van der Waals surface area (Å²) in [4.78, 5) is 2.45. The van der Waals surface area contributed by atoms with Crippen molar-refractivity contribution in [2.45, 2.75) is 0 Å². The van der Waals surface area contributed by atoms with E-state index in [2.05, 4.69) is 229 Å². The first-order valence-electron chi connectivity index (χ1n) is 19.7. The lowest BCUT2D eigenvalue weighted by Crippen LogP contribution is -2.11. The molecule has 0 aromatic heterocycles. The zero-order chi connectivity index (χ0) is 37.7. The van der Waals surface area contributed by atoms with Crippen LogP contribution >= 0.6 is 0 Å². The lowest BCUT2D eigenvalue weighted by atomic mass is 9.87. The molecule has 0 aliphatic rings. The van der Waals surface area contributed by atoms with Crippen LogP contribution in [0.4, 0.5) is 17.1 Å². The molecule has 0 aliphatic carbocycles. The lowest BCUT2D eigenvalue weighted by molar-refractivity contribution is 1.29. The summed E-state index contributed by atoms with van der Waals surface area (Å²) >= 11 is 0. The average molecular weight is 724 g/mol. The zero-order valence-corrected chi connectivity index (χ0v) is 31.3. The SMILES string of the molecule is c1ccc(-c2cc(N(c3ccc4ccc5ccccc5c4c3)c3ccccc3-c3ccccc3)ccc2-c2cc3c4ccccc4ccc3c3ccccc23)cc1. The van der Waals surface area contributed by atoms with E-state index in [4.69, 9.17) is 0 Å². The van der Waals surface area contributed by atoms with Crippen molar-refractivity contribution in [2.75, 3.05) is 4.90 Å². The predicted molar refractivity (Wildman–Crippen MR) is 245 cm³/mol. The lowest BCUT2D eigenvalue weighted by Gasteiger charge is -2.29. The maximum absolute atomic E-state index is 2.45. The molecule has 11 aromatic rings. The normalized spacial score (nSPS) is 11.5. The number of rotatable bonds is 6. The molecule has 0 heterocycles. The van der Waals surface area contributed by atoms with Crippen LogP contribution < -0.4 is 4.90 Å². The minimum absolute atomic E-state index is 1.09. The fraction of sp³-hybridized carbons (Fsp3) is 0. The van der Waals surface area contributed by atoms with E-state index in [0.29, 0.717) is 0 Å². The van der Waals surface area contributed by atoms with Crippen LogP contribution in [0.3, 0.4) is 0 Å². The Hall–Kier alpha value is -7.48. The molecule has 57 heavy (non-hydrogen) atoms. The van der Waals surface area contributed by atoms with Crippen molar-refractivity contribution in [1.29, 1.82) is 0 Å². The maximum Gasteiger partial charge on any atom is 0.0540 e. The van der Waals surface area contributed by atoms with Crippen molar-refractivity contribution in [2.24, 2.45) is 0 Å². The van der Waals surface area contributed by atoms with E-state index in [1.807, 2.05) is 0 Å². The van der Waals surface area contributed by atoms with Crippen molar-refractivity contribution < 1.29 is 0 Å². The van der Waals surface area contributed by atoms with Gasteiger partial charge in [0.15, 0.2) is 0 Å². The highest BCUT2D eigenvalue weighted by molar-refractivity contribution is 6.21. The van der Waals surface area contributed by atoms with E-state index in [0.717, 1.165) is 17.1 Å². The average Bonchev–Trinajstić information content (AvgIpc) is 3.29. The van der Waals surface area contributed by atoms with Crippen LogP contribution in [0.25, 0.3) is 87.2 Å². The third-order valence-electron chi connectivity index (χ3n) is 11.6. The molecular formula is C56H37N. The number of hydrogen-bond acceptors (Lipinski definition) is 1. The summed E-state index contributed by atoms with van der Waals surface area (Å²) in [5.74, 6) is 0. The van der Waals surface area contributed by atoms with E-state index in [1.165, 1.54) is 87.2 Å². The maximum atomic E-state index is 2.45. The molecule has 1 heteroatoms. The Kier molecular flexibility index (Phi) is 7.89. The summed E-state index contributed by atoms with van der Waals surface area (Å²) in [5, 5.41) is 12.5. The fourth-order valence-corrected chi connectivity index (χ4v) is 8.93. The second kappa shape index (κ2) is 13.7. The molecule has 0 unspecified atom stereocenters. The van der Waals surface area contributed by atoms with Crippen molar-refractivity contribution in [3.8, 4) is 33.4 Å². The fourth-order valence-electron chi connectivity index (χ4n) is 8.93. The van der Waals surface area contributed by atoms with Gasteiger partial charge in [0.25, 0.3) is 0 Å². The summed E-state index contributed by atoms with van der Waals surface area (Å²) < 4.78 is 0. The van der Waals surface area contributed by atoms with Gasteiger partial charge < -0.3 is 4.90 Å². The number of anilines is 3. The van der Waals surface area contributed by atoms with Gasteiger partial charge in [0.1, 0.15) is 0 Å².